The van der Waals surface area contributed by atoms with Crippen LogP contribution in [-0.4, -0.2) is 29.0 Å². The van der Waals surface area contributed by atoms with Gasteiger partial charge in [0.15, 0.2) is 0 Å². The van der Waals surface area contributed by atoms with Crippen LogP contribution in [0.3, 0.4) is 0 Å². The summed E-state index contributed by atoms with van der Waals surface area (Å²) in [5.41, 5.74) is 2.40. The quantitative estimate of drug-likeness (QED) is 0.770. The molecule has 1 N–H and O–H groups in total. The van der Waals surface area contributed by atoms with Gasteiger partial charge in [-0.1, -0.05) is 39.8 Å². The lowest BCUT2D eigenvalue weighted by atomic mass is 10.0. The van der Waals surface area contributed by atoms with E-state index in [1.807, 2.05) is 24.3 Å². The number of rotatable bonds is 8. The minimum atomic E-state index is -0.214. The lowest BCUT2D eigenvalue weighted by Gasteiger charge is -2.22. The SMILES string of the molecule is CCCN(CCC)c1cc(C(=O)Nc2ccc(C(C)C)cc2)ncn1. The van der Waals surface area contributed by atoms with Crippen LogP contribution in [0.5, 0.6) is 0 Å². The molecular formula is C20H28N4O. The number of aromatic nitrogens is 2. The first-order chi connectivity index (χ1) is 12.0. The van der Waals surface area contributed by atoms with Gasteiger partial charge in [-0.3, -0.25) is 4.79 Å². The molecule has 5 nitrogen and oxygen atoms in total. The summed E-state index contributed by atoms with van der Waals surface area (Å²) in [4.78, 5) is 23.2. The van der Waals surface area contributed by atoms with Crippen LogP contribution in [-0.2, 0) is 0 Å². The first-order valence-corrected chi connectivity index (χ1v) is 9.03. The van der Waals surface area contributed by atoms with E-state index in [2.05, 4.69) is 47.9 Å². The fraction of sp³-hybridized carbons (Fsp3) is 0.450. The van der Waals surface area contributed by atoms with Gasteiger partial charge < -0.3 is 10.2 Å². The van der Waals surface area contributed by atoms with Gasteiger partial charge in [0.2, 0.25) is 0 Å². The summed E-state index contributed by atoms with van der Waals surface area (Å²) in [6.07, 6.45) is 3.53. The van der Waals surface area contributed by atoms with Crippen LogP contribution in [0.25, 0.3) is 0 Å². The second-order valence-corrected chi connectivity index (χ2v) is 6.48. The zero-order chi connectivity index (χ0) is 18.2. The molecule has 25 heavy (non-hydrogen) atoms. The average Bonchev–Trinajstić information content (AvgIpc) is 2.62. The summed E-state index contributed by atoms with van der Waals surface area (Å²) in [7, 11) is 0. The minimum Gasteiger partial charge on any atom is -0.357 e. The van der Waals surface area contributed by atoms with Crippen molar-refractivity contribution < 1.29 is 4.79 Å². The number of benzene rings is 1. The van der Waals surface area contributed by atoms with Crippen molar-refractivity contribution in [1.29, 1.82) is 0 Å². The third-order valence-electron chi connectivity index (χ3n) is 4.03. The van der Waals surface area contributed by atoms with Crippen LogP contribution in [0, 0.1) is 0 Å². The smallest absolute Gasteiger partial charge is 0.274 e. The van der Waals surface area contributed by atoms with Gasteiger partial charge in [0, 0.05) is 24.8 Å². The molecule has 0 spiro atoms. The molecule has 2 rings (SSSR count). The van der Waals surface area contributed by atoms with E-state index in [0.717, 1.165) is 37.4 Å². The van der Waals surface area contributed by atoms with Crippen molar-refractivity contribution in [3.05, 3.63) is 47.9 Å². The molecule has 1 aromatic heterocycles. The number of amides is 1. The molecule has 0 saturated heterocycles. The zero-order valence-electron chi connectivity index (χ0n) is 15.6. The summed E-state index contributed by atoms with van der Waals surface area (Å²) in [5.74, 6) is 1.06. The minimum absolute atomic E-state index is 0.214. The predicted octanol–water partition coefficient (Wildman–Crippen LogP) is 4.48. The van der Waals surface area contributed by atoms with E-state index in [1.165, 1.54) is 11.9 Å². The van der Waals surface area contributed by atoms with Gasteiger partial charge in [0.25, 0.3) is 5.91 Å². The Morgan fingerprint density at radius 1 is 1.08 bits per heavy atom. The molecule has 0 aliphatic carbocycles. The molecule has 1 aromatic carbocycles. The maximum atomic E-state index is 12.5. The normalized spacial score (nSPS) is 10.8. The largest absolute Gasteiger partial charge is 0.357 e. The van der Waals surface area contributed by atoms with Gasteiger partial charge in [0.05, 0.1) is 0 Å². The van der Waals surface area contributed by atoms with E-state index < -0.39 is 0 Å². The summed E-state index contributed by atoms with van der Waals surface area (Å²) in [6.45, 7) is 10.4. The Labute approximate surface area is 150 Å². The molecule has 0 bridgehead atoms. The summed E-state index contributed by atoms with van der Waals surface area (Å²) >= 11 is 0. The third-order valence-corrected chi connectivity index (χ3v) is 4.03. The van der Waals surface area contributed by atoms with E-state index >= 15 is 0 Å². The summed E-state index contributed by atoms with van der Waals surface area (Å²) < 4.78 is 0. The molecule has 1 heterocycles. The highest BCUT2D eigenvalue weighted by atomic mass is 16.1. The van der Waals surface area contributed by atoms with Crippen LogP contribution in [0.2, 0.25) is 0 Å². The van der Waals surface area contributed by atoms with E-state index in [0.29, 0.717) is 11.6 Å². The van der Waals surface area contributed by atoms with Crippen LogP contribution >= 0.6 is 0 Å². The molecule has 134 valence electrons. The molecule has 0 saturated carbocycles. The van der Waals surface area contributed by atoms with Crippen molar-refractivity contribution in [2.24, 2.45) is 0 Å². The van der Waals surface area contributed by atoms with Crippen molar-refractivity contribution in [3.63, 3.8) is 0 Å². The van der Waals surface area contributed by atoms with Gasteiger partial charge >= 0.3 is 0 Å². The van der Waals surface area contributed by atoms with Gasteiger partial charge in [-0.15, -0.1) is 0 Å². The van der Waals surface area contributed by atoms with E-state index in [9.17, 15) is 4.79 Å². The van der Waals surface area contributed by atoms with Gasteiger partial charge in [-0.05, 0) is 36.5 Å². The Hall–Kier alpha value is -2.43. The molecular weight excluding hydrogens is 312 g/mol. The maximum absolute atomic E-state index is 12.5. The Morgan fingerprint density at radius 3 is 2.28 bits per heavy atom. The lowest BCUT2D eigenvalue weighted by molar-refractivity contribution is 0.102. The second-order valence-electron chi connectivity index (χ2n) is 6.48. The third kappa shape index (κ3) is 5.28. The number of hydrogen-bond donors (Lipinski definition) is 1. The highest BCUT2D eigenvalue weighted by Crippen LogP contribution is 2.18. The van der Waals surface area contributed by atoms with Gasteiger partial charge in [0.1, 0.15) is 17.8 Å². The molecule has 0 unspecified atom stereocenters. The topological polar surface area (TPSA) is 58.1 Å². The first kappa shape index (κ1) is 18.9. The first-order valence-electron chi connectivity index (χ1n) is 9.03. The van der Waals surface area contributed by atoms with E-state index in [1.54, 1.807) is 6.07 Å². The van der Waals surface area contributed by atoms with Crippen molar-refractivity contribution in [3.8, 4) is 0 Å². The van der Waals surface area contributed by atoms with Crippen LogP contribution < -0.4 is 10.2 Å². The zero-order valence-corrected chi connectivity index (χ0v) is 15.6. The molecule has 1 amide bonds. The van der Waals surface area contributed by atoms with Crippen LogP contribution in [0.4, 0.5) is 11.5 Å². The fourth-order valence-electron chi connectivity index (χ4n) is 2.67. The van der Waals surface area contributed by atoms with Crippen molar-refractivity contribution in [2.75, 3.05) is 23.3 Å². The lowest BCUT2D eigenvalue weighted by Crippen LogP contribution is -2.26. The standard InChI is InChI=1S/C20H28N4O/c1-5-11-24(12-6-2)19-13-18(21-14-22-19)20(25)23-17-9-7-16(8-10-17)15(3)4/h7-10,13-15H,5-6,11-12H2,1-4H3,(H,23,25). The van der Waals surface area contributed by atoms with Gasteiger partial charge in [-0.2, -0.15) is 0 Å². The Kier molecular flexibility index (Phi) is 6.92. The number of nitrogens with one attached hydrogen (secondary N) is 1. The highest BCUT2D eigenvalue weighted by Gasteiger charge is 2.13. The van der Waals surface area contributed by atoms with E-state index in [4.69, 9.17) is 0 Å². The molecule has 0 atom stereocenters. The van der Waals surface area contributed by atoms with Crippen LogP contribution in [0.15, 0.2) is 36.7 Å². The second kappa shape index (κ2) is 9.16. The summed E-state index contributed by atoms with van der Waals surface area (Å²) in [5, 5.41) is 2.91. The van der Waals surface area contributed by atoms with Crippen molar-refractivity contribution in [2.45, 2.75) is 46.5 Å². The number of carbonyl (C=O) groups excluding carboxylic acids is 1. The fourth-order valence-corrected chi connectivity index (χ4v) is 2.67. The molecule has 0 aliphatic heterocycles. The number of hydrogen-bond acceptors (Lipinski definition) is 4. The van der Waals surface area contributed by atoms with Crippen molar-refractivity contribution in [1.82, 2.24) is 9.97 Å². The monoisotopic (exact) mass is 340 g/mol. The molecule has 0 fully saturated rings. The predicted molar refractivity (Wildman–Crippen MR) is 103 cm³/mol. The molecule has 5 heteroatoms. The molecule has 0 radical (unpaired) electrons. The Balaban J connectivity index is 2.12. The van der Waals surface area contributed by atoms with E-state index in [-0.39, 0.29) is 5.91 Å². The number of nitrogens with zero attached hydrogens (tertiary/aromatic N) is 3. The molecule has 0 aliphatic rings. The number of anilines is 2. The summed E-state index contributed by atoms with van der Waals surface area (Å²) in [6, 6.07) is 9.70. The van der Waals surface area contributed by atoms with Crippen molar-refractivity contribution >= 4 is 17.4 Å². The highest BCUT2D eigenvalue weighted by molar-refractivity contribution is 6.03. The average molecular weight is 340 g/mol. The van der Waals surface area contributed by atoms with Gasteiger partial charge in [-0.25, -0.2) is 9.97 Å². The maximum Gasteiger partial charge on any atom is 0.274 e. The Morgan fingerprint density at radius 2 is 1.72 bits per heavy atom. The number of carbonyl (C=O) groups is 1. The molecule has 2 aromatic rings. The Bertz CT molecular complexity index is 676. The van der Waals surface area contributed by atoms with Crippen LogP contribution in [0.1, 0.15) is 62.5 Å².